The molecule has 168 valence electrons. The van der Waals surface area contributed by atoms with Crippen molar-refractivity contribution in [2.75, 3.05) is 18.5 Å². The lowest BCUT2D eigenvalue weighted by molar-refractivity contribution is -0.164. The first-order valence-electron chi connectivity index (χ1n) is 10.8. The second-order valence-electron chi connectivity index (χ2n) is 7.69. The minimum atomic E-state index is -0.666. The number of carbonyl (C=O) groups excluding carboxylic acids is 1. The van der Waals surface area contributed by atoms with E-state index in [0.29, 0.717) is 25.1 Å². The zero-order chi connectivity index (χ0) is 22.5. The number of carbonyl (C=O) groups is 1. The molecule has 0 fully saturated rings. The number of phenols is 1. The maximum atomic E-state index is 13.0. The molecule has 2 aromatic carbocycles. The minimum absolute atomic E-state index is 0.0307. The predicted octanol–water partition coefficient (Wildman–Crippen LogP) is 4.53. The van der Waals surface area contributed by atoms with Crippen molar-refractivity contribution in [3.05, 3.63) is 72.2 Å². The highest BCUT2D eigenvalue weighted by molar-refractivity contribution is 6.03. The van der Waals surface area contributed by atoms with E-state index < -0.39 is 12.2 Å². The molecule has 3 aromatic rings. The molecule has 4 rings (SSSR count). The number of furan rings is 1. The fourth-order valence-electron chi connectivity index (χ4n) is 4.14. The Morgan fingerprint density at radius 3 is 2.72 bits per heavy atom. The van der Waals surface area contributed by atoms with Crippen LogP contribution in [0.2, 0.25) is 0 Å². The van der Waals surface area contributed by atoms with Crippen molar-refractivity contribution >= 4 is 22.6 Å². The predicted molar refractivity (Wildman–Crippen MR) is 120 cm³/mol. The number of aliphatic hydroxyl groups is 1. The zero-order valence-corrected chi connectivity index (χ0v) is 17.9. The zero-order valence-electron chi connectivity index (χ0n) is 17.9. The van der Waals surface area contributed by atoms with E-state index in [1.807, 2.05) is 31.2 Å². The summed E-state index contributed by atoms with van der Waals surface area (Å²) in [5.41, 5.74) is 1.99. The van der Waals surface area contributed by atoms with E-state index in [4.69, 9.17) is 13.9 Å². The van der Waals surface area contributed by atoms with Gasteiger partial charge >= 0.3 is 0 Å². The highest BCUT2D eigenvalue weighted by Gasteiger charge is 2.39. The van der Waals surface area contributed by atoms with Gasteiger partial charge in [-0.1, -0.05) is 30.3 Å². The summed E-state index contributed by atoms with van der Waals surface area (Å²) in [7, 11) is 0. The number of hydrogen-bond donors (Lipinski definition) is 3. The van der Waals surface area contributed by atoms with Gasteiger partial charge in [-0.2, -0.15) is 0 Å². The molecule has 3 N–H and O–H groups in total. The van der Waals surface area contributed by atoms with Crippen molar-refractivity contribution in [1.29, 1.82) is 0 Å². The van der Waals surface area contributed by atoms with Crippen LogP contribution in [0.4, 0.5) is 5.69 Å². The van der Waals surface area contributed by atoms with Gasteiger partial charge < -0.3 is 29.4 Å². The van der Waals surface area contributed by atoms with Gasteiger partial charge in [0, 0.05) is 36.0 Å². The third kappa shape index (κ3) is 4.49. The molecular weight excluding hydrogens is 410 g/mol. The number of nitrogens with one attached hydrogen (secondary N) is 1. The van der Waals surface area contributed by atoms with Gasteiger partial charge in [-0.25, -0.2) is 0 Å². The van der Waals surface area contributed by atoms with Crippen molar-refractivity contribution in [3.8, 4) is 5.75 Å². The van der Waals surface area contributed by atoms with Gasteiger partial charge in [-0.3, -0.25) is 4.79 Å². The molecular formula is C25H27NO6. The highest BCUT2D eigenvalue weighted by atomic mass is 16.7. The van der Waals surface area contributed by atoms with E-state index >= 15 is 0 Å². The fraction of sp³-hybridized carbons (Fsp3) is 0.320. The van der Waals surface area contributed by atoms with Gasteiger partial charge in [0.1, 0.15) is 11.3 Å². The van der Waals surface area contributed by atoms with Gasteiger partial charge in [0.25, 0.3) is 5.91 Å². The summed E-state index contributed by atoms with van der Waals surface area (Å²) in [6, 6.07) is 14.3. The first-order valence-corrected chi connectivity index (χ1v) is 10.8. The van der Waals surface area contributed by atoms with Gasteiger partial charge in [0.15, 0.2) is 5.76 Å². The quantitative estimate of drug-likeness (QED) is 0.448. The second kappa shape index (κ2) is 9.89. The number of phenolic OH excluding ortho intramolecular Hbond substituents is 1. The smallest absolute Gasteiger partial charge is 0.290 e. The number of aromatic hydroxyl groups is 1. The van der Waals surface area contributed by atoms with E-state index in [9.17, 15) is 15.0 Å². The van der Waals surface area contributed by atoms with Crippen molar-refractivity contribution in [1.82, 2.24) is 0 Å². The van der Waals surface area contributed by atoms with E-state index in [-0.39, 0.29) is 30.0 Å². The Balaban J connectivity index is 1.73. The van der Waals surface area contributed by atoms with Crippen LogP contribution in [-0.4, -0.2) is 35.6 Å². The number of rotatable bonds is 8. The van der Waals surface area contributed by atoms with Crippen molar-refractivity contribution in [2.45, 2.75) is 32.0 Å². The molecule has 0 saturated heterocycles. The molecule has 3 unspecified atom stereocenters. The van der Waals surface area contributed by atoms with Crippen LogP contribution in [0.25, 0.3) is 11.0 Å². The Labute approximate surface area is 186 Å². The number of allylic oxidation sites excluding steroid dienone is 1. The largest absolute Gasteiger partial charge is 0.506 e. The molecule has 2 heterocycles. The van der Waals surface area contributed by atoms with Crippen molar-refractivity contribution in [2.24, 2.45) is 5.92 Å². The molecule has 1 aliphatic rings. The molecule has 0 aliphatic carbocycles. The molecule has 7 heteroatoms. The van der Waals surface area contributed by atoms with Crippen molar-refractivity contribution in [3.63, 3.8) is 0 Å². The molecule has 1 aromatic heterocycles. The van der Waals surface area contributed by atoms with Gasteiger partial charge in [-0.15, -0.1) is 0 Å². The lowest BCUT2D eigenvalue weighted by Crippen LogP contribution is -2.37. The van der Waals surface area contributed by atoms with Gasteiger partial charge in [0.2, 0.25) is 6.29 Å². The van der Waals surface area contributed by atoms with E-state index in [2.05, 4.69) is 5.32 Å². The fourth-order valence-corrected chi connectivity index (χ4v) is 4.14. The van der Waals surface area contributed by atoms with Crippen LogP contribution >= 0.6 is 0 Å². The molecule has 7 nitrogen and oxygen atoms in total. The summed E-state index contributed by atoms with van der Waals surface area (Å²) in [5.74, 6) is -0.737. The average molecular weight is 437 g/mol. The Hall–Kier alpha value is -3.29. The number of ether oxygens (including phenoxy) is 2. The van der Waals surface area contributed by atoms with E-state index in [0.717, 1.165) is 16.5 Å². The Bertz CT molecular complexity index is 1100. The molecule has 1 aliphatic heterocycles. The lowest BCUT2D eigenvalue weighted by Gasteiger charge is -2.36. The van der Waals surface area contributed by atoms with Crippen LogP contribution in [-0.2, 0) is 14.3 Å². The normalized spacial score (nSPS) is 20.6. The number of fused-ring (bicyclic) bond motifs is 1. The van der Waals surface area contributed by atoms with Crippen LogP contribution in [0.1, 0.15) is 31.2 Å². The van der Waals surface area contributed by atoms with Gasteiger partial charge in [-0.05, 0) is 44.0 Å². The van der Waals surface area contributed by atoms with E-state index in [1.165, 1.54) is 6.07 Å². The third-order valence-electron chi connectivity index (χ3n) is 5.66. The molecule has 0 spiro atoms. The van der Waals surface area contributed by atoms with Crippen molar-refractivity contribution < 1.29 is 28.9 Å². The summed E-state index contributed by atoms with van der Waals surface area (Å²) in [6.45, 7) is 2.33. The lowest BCUT2D eigenvalue weighted by atomic mass is 9.80. The first kappa shape index (κ1) is 21.9. The summed E-state index contributed by atoms with van der Waals surface area (Å²) in [5, 5.41) is 23.1. The number of benzene rings is 2. The molecule has 0 radical (unpaired) electrons. The van der Waals surface area contributed by atoms with Gasteiger partial charge in [0.05, 0.1) is 12.0 Å². The number of aliphatic hydroxyl groups excluding tert-OH is 1. The molecule has 0 saturated carbocycles. The first-order chi connectivity index (χ1) is 15.6. The number of hydrogen-bond acceptors (Lipinski definition) is 6. The standard InChI is InChI=1S/C25H27NO6/c1-2-30-25-17(9-7-13-27)18(19-15-31-22-12-6-3-8-16(19)22)14-23(32-25)24(29)26-20-10-4-5-11-21(20)28/h3-6,8,10-12,14-15,17-18,25,27-28H,2,7,9,13H2,1H3,(H,26,29). The summed E-state index contributed by atoms with van der Waals surface area (Å²) < 4.78 is 17.6. The van der Waals surface area contributed by atoms with Crippen LogP contribution in [0.5, 0.6) is 5.75 Å². The molecule has 0 bridgehead atoms. The minimum Gasteiger partial charge on any atom is -0.506 e. The third-order valence-corrected chi connectivity index (χ3v) is 5.66. The molecule has 32 heavy (non-hydrogen) atoms. The summed E-state index contributed by atoms with van der Waals surface area (Å²) in [6.07, 6.45) is 4.06. The van der Waals surface area contributed by atoms with Crippen LogP contribution in [0.3, 0.4) is 0 Å². The maximum absolute atomic E-state index is 13.0. The van der Waals surface area contributed by atoms with Crippen LogP contribution < -0.4 is 5.32 Å². The Morgan fingerprint density at radius 2 is 1.94 bits per heavy atom. The Kier molecular flexibility index (Phi) is 6.78. The SMILES string of the molecule is CCOC1OC(C(=O)Nc2ccccc2O)=CC(c2coc3ccccc23)C1CCCO. The average Bonchev–Trinajstić information content (AvgIpc) is 3.23. The van der Waals surface area contributed by atoms with Crippen LogP contribution in [0.15, 0.2) is 71.0 Å². The monoisotopic (exact) mass is 437 g/mol. The summed E-state index contributed by atoms with van der Waals surface area (Å²) in [4.78, 5) is 13.0. The van der Waals surface area contributed by atoms with E-state index in [1.54, 1.807) is 30.5 Å². The number of para-hydroxylation sites is 3. The summed E-state index contributed by atoms with van der Waals surface area (Å²) >= 11 is 0. The van der Waals surface area contributed by atoms with Crippen LogP contribution in [0, 0.1) is 5.92 Å². The topological polar surface area (TPSA) is 101 Å². The molecule has 3 atom stereocenters. The second-order valence-corrected chi connectivity index (χ2v) is 7.69. The Morgan fingerprint density at radius 1 is 1.16 bits per heavy atom. The number of anilines is 1. The highest BCUT2D eigenvalue weighted by Crippen LogP contribution is 2.42. The molecule has 1 amide bonds. The number of amides is 1. The maximum Gasteiger partial charge on any atom is 0.290 e.